The Morgan fingerprint density at radius 2 is 2.03 bits per heavy atom. The molecule has 0 aliphatic heterocycles. The lowest BCUT2D eigenvalue weighted by molar-refractivity contribution is -0.274. The molecule has 176 valence electrons. The average Bonchev–Trinajstić information content (AvgIpc) is 3.14. The first-order valence-corrected chi connectivity index (χ1v) is 11.3. The first-order chi connectivity index (χ1) is 15.7. The van der Waals surface area contributed by atoms with Gasteiger partial charge in [-0.25, -0.2) is 0 Å². The topological polar surface area (TPSA) is 66.2 Å². The molecule has 0 fully saturated rings. The summed E-state index contributed by atoms with van der Waals surface area (Å²) in [4.78, 5) is 16.2. The second kappa shape index (κ2) is 9.47. The number of para-hydroxylation sites is 1. The van der Waals surface area contributed by atoms with E-state index in [2.05, 4.69) is 34.2 Å². The lowest BCUT2D eigenvalue weighted by atomic mass is 9.86. The van der Waals surface area contributed by atoms with Gasteiger partial charge in [-0.1, -0.05) is 19.1 Å². The lowest BCUT2D eigenvalue weighted by Gasteiger charge is -2.24. The van der Waals surface area contributed by atoms with Gasteiger partial charge in [0.25, 0.3) is 5.91 Å². The highest BCUT2D eigenvalue weighted by molar-refractivity contribution is 6.07. The van der Waals surface area contributed by atoms with Crippen LogP contribution in [0.5, 0.6) is 5.75 Å². The molecule has 1 aliphatic carbocycles. The van der Waals surface area contributed by atoms with E-state index in [0.717, 1.165) is 49.2 Å². The predicted molar refractivity (Wildman–Crippen MR) is 123 cm³/mol. The number of alkyl halides is 3. The van der Waals surface area contributed by atoms with Crippen LogP contribution < -0.4 is 15.4 Å². The zero-order chi connectivity index (χ0) is 23.6. The first kappa shape index (κ1) is 23.2. The summed E-state index contributed by atoms with van der Waals surface area (Å²) in [5.41, 5.74) is 3.81. The number of rotatable bonds is 7. The second-order valence-electron chi connectivity index (χ2n) is 8.67. The Kier molecular flexibility index (Phi) is 6.65. The molecule has 33 heavy (non-hydrogen) atoms. The molecule has 0 spiro atoms. The van der Waals surface area contributed by atoms with E-state index in [1.54, 1.807) is 6.07 Å². The molecule has 1 aliphatic rings. The molecule has 2 aromatic carbocycles. The van der Waals surface area contributed by atoms with Crippen molar-refractivity contribution in [1.82, 2.24) is 10.3 Å². The van der Waals surface area contributed by atoms with E-state index in [-0.39, 0.29) is 5.56 Å². The molecule has 0 bridgehead atoms. The fourth-order valence-corrected chi connectivity index (χ4v) is 4.32. The van der Waals surface area contributed by atoms with Crippen LogP contribution in [0.2, 0.25) is 0 Å². The van der Waals surface area contributed by atoms with Crippen LogP contribution in [0, 0.1) is 5.92 Å². The van der Waals surface area contributed by atoms with Gasteiger partial charge in [-0.2, -0.15) is 0 Å². The van der Waals surface area contributed by atoms with Gasteiger partial charge in [0.2, 0.25) is 0 Å². The number of H-pyrrole nitrogens is 1. The Morgan fingerprint density at radius 3 is 2.79 bits per heavy atom. The van der Waals surface area contributed by atoms with Crippen molar-refractivity contribution < 1.29 is 22.7 Å². The average molecular weight is 460 g/mol. The van der Waals surface area contributed by atoms with Crippen molar-refractivity contribution in [1.29, 1.82) is 0 Å². The quantitative estimate of drug-likeness (QED) is 0.418. The molecule has 1 heterocycles. The number of aryl methyl sites for hydroxylation is 1. The zero-order valence-corrected chi connectivity index (χ0v) is 18.7. The molecule has 0 radical (unpaired) electrons. The van der Waals surface area contributed by atoms with Crippen LogP contribution in [0.15, 0.2) is 42.5 Å². The summed E-state index contributed by atoms with van der Waals surface area (Å²) in [6.45, 7) is 5.32. The summed E-state index contributed by atoms with van der Waals surface area (Å²) in [6.07, 6.45) is -0.757. The van der Waals surface area contributed by atoms with E-state index < -0.39 is 18.0 Å². The van der Waals surface area contributed by atoms with E-state index in [1.807, 2.05) is 12.1 Å². The molecule has 0 saturated heterocycles. The SMILES string of the molecule is CCC(C)NCC1CCc2[nH]c3ccc(NC(=O)c4ccccc4OC(F)(F)F)cc3c2C1. The maximum atomic E-state index is 12.7. The third-order valence-corrected chi connectivity index (χ3v) is 6.27. The molecule has 1 aromatic heterocycles. The Labute approximate surface area is 190 Å². The number of anilines is 1. The second-order valence-corrected chi connectivity index (χ2v) is 8.67. The van der Waals surface area contributed by atoms with Gasteiger partial charge < -0.3 is 20.4 Å². The van der Waals surface area contributed by atoms with Gasteiger partial charge in [-0.05, 0) is 81.0 Å². The van der Waals surface area contributed by atoms with Crippen LogP contribution in [0.4, 0.5) is 18.9 Å². The van der Waals surface area contributed by atoms with Crippen molar-refractivity contribution in [2.75, 3.05) is 11.9 Å². The number of aromatic amines is 1. The highest BCUT2D eigenvalue weighted by Gasteiger charge is 2.33. The molecule has 5 nitrogen and oxygen atoms in total. The van der Waals surface area contributed by atoms with Crippen LogP contribution >= 0.6 is 0 Å². The van der Waals surface area contributed by atoms with E-state index in [0.29, 0.717) is 17.6 Å². The van der Waals surface area contributed by atoms with Gasteiger partial charge in [-0.3, -0.25) is 4.79 Å². The number of nitrogens with one attached hydrogen (secondary N) is 3. The minimum atomic E-state index is -4.88. The summed E-state index contributed by atoms with van der Waals surface area (Å²) in [7, 11) is 0. The summed E-state index contributed by atoms with van der Waals surface area (Å²) in [6, 6.07) is 11.3. The number of ether oxygens (including phenoxy) is 1. The summed E-state index contributed by atoms with van der Waals surface area (Å²) >= 11 is 0. The van der Waals surface area contributed by atoms with Gasteiger partial charge >= 0.3 is 6.36 Å². The number of carbonyl (C=O) groups excluding carboxylic acids is 1. The number of fused-ring (bicyclic) bond motifs is 3. The summed E-state index contributed by atoms with van der Waals surface area (Å²) in [5, 5.41) is 7.35. The Balaban J connectivity index is 1.53. The van der Waals surface area contributed by atoms with Crippen LogP contribution in [0.3, 0.4) is 0 Å². The highest BCUT2D eigenvalue weighted by atomic mass is 19.4. The third kappa shape index (κ3) is 5.50. The smallest absolute Gasteiger partial charge is 0.405 e. The van der Waals surface area contributed by atoms with Gasteiger partial charge in [0.15, 0.2) is 0 Å². The number of carbonyl (C=O) groups is 1. The summed E-state index contributed by atoms with van der Waals surface area (Å²) in [5.74, 6) is -0.649. The predicted octanol–water partition coefficient (Wildman–Crippen LogP) is 5.81. The summed E-state index contributed by atoms with van der Waals surface area (Å²) < 4.78 is 42.1. The number of hydrogen-bond donors (Lipinski definition) is 3. The van der Waals surface area contributed by atoms with Crippen molar-refractivity contribution >= 4 is 22.5 Å². The minimum Gasteiger partial charge on any atom is -0.405 e. The number of halogens is 3. The van der Waals surface area contributed by atoms with E-state index in [9.17, 15) is 18.0 Å². The Hall–Kier alpha value is -3.00. The molecular weight excluding hydrogens is 431 g/mol. The van der Waals surface area contributed by atoms with Crippen LogP contribution in [-0.4, -0.2) is 29.8 Å². The van der Waals surface area contributed by atoms with Crippen molar-refractivity contribution in [2.24, 2.45) is 5.92 Å². The lowest BCUT2D eigenvalue weighted by Crippen LogP contribution is -2.33. The monoisotopic (exact) mass is 459 g/mol. The van der Waals surface area contributed by atoms with Crippen molar-refractivity contribution in [3.8, 4) is 5.75 Å². The third-order valence-electron chi connectivity index (χ3n) is 6.27. The van der Waals surface area contributed by atoms with Crippen LogP contribution in [-0.2, 0) is 12.8 Å². The van der Waals surface area contributed by atoms with E-state index >= 15 is 0 Å². The number of aromatic nitrogens is 1. The fourth-order valence-electron chi connectivity index (χ4n) is 4.32. The van der Waals surface area contributed by atoms with Crippen LogP contribution in [0.1, 0.15) is 48.3 Å². The number of hydrogen-bond acceptors (Lipinski definition) is 3. The maximum Gasteiger partial charge on any atom is 0.573 e. The fraction of sp³-hybridized carbons (Fsp3) is 0.400. The van der Waals surface area contributed by atoms with Crippen molar-refractivity contribution in [3.63, 3.8) is 0 Å². The Morgan fingerprint density at radius 1 is 1.24 bits per heavy atom. The Bertz CT molecular complexity index is 1140. The molecule has 2 atom stereocenters. The molecule has 3 aromatic rings. The molecular formula is C25H28F3N3O2. The van der Waals surface area contributed by atoms with Gasteiger partial charge in [0.05, 0.1) is 5.56 Å². The first-order valence-electron chi connectivity index (χ1n) is 11.3. The van der Waals surface area contributed by atoms with Gasteiger partial charge in [0.1, 0.15) is 5.75 Å². The molecule has 8 heteroatoms. The van der Waals surface area contributed by atoms with Gasteiger partial charge in [-0.15, -0.1) is 13.2 Å². The normalized spacial score (nSPS) is 16.9. The number of amides is 1. The molecule has 1 amide bonds. The zero-order valence-electron chi connectivity index (χ0n) is 18.7. The van der Waals surface area contributed by atoms with Crippen LogP contribution in [0.25, 0.3) is 10.9 Å². The van der Waals surface area contributed by atoms with Gasteiger partial charge in [0, 0.05) is 28.3 Å². The largest absolute Gasteiger partial charge is 0.573 e. The highest BCUT2D eigenvalue weighted by Crippen LogP contribution is 2.33. The van der Waals surface area contributed by atoms with Crippen molar-refractivity contribution in [3.05, 3.63) is 59.3 Å². The van der Waals surface area contributed by atoms with Crippen molar-refractivity contribution in [2.45, 2.75) is 51.9 Å². The molecule has 4 rings (SSSR count). The number of benzene rings is 2. The van der Waals surface area contributed by atoms with E-state index in [4.69, 9.17) is 0 Å². The minimum absolute atomic E-state index is 0.179. The van der Waals surface area contributed by atoms with E-state index in [1.165, 1.54) is 29.5 Å². The molecule has 3 N–H and O–H groups in total. The molecule has 2 unspecified atom stereocenters. The standard InChI is InChI=1S/C25H28F3N3O2/c1-3-15(2)29-14-16-8-10-21-19(12-16)20-13-17(9-11-22(20)31-21)30-24(32)18-6-4-5-7-23(18)33-25(26,27)28/h4-7,9,11,13,15-16,29,31H,3,8,10,12,14H2,1-2H3,(H,30,32). The molecule has 0 saturated carbocycles. The maximum absolute atomic E-state index is 12.7.